The lowest BCUT2D eigenvalue weighted by atomic mass is 10.0. The van der Waals surface area contributed by atoms with Gasteiger partial charge in [0.2, 0.25) is 10.0 Å². The van der Waals surface area contributed by atoms with Crippen molar-refractivity contribution < 1.29 is 31.8 Å². The second-order valence-corrected chi connectivity index (χ2v) is 10.5. The number of benzene rings is 2. The topological polar surface area (TPSA) is 136 Å². The van der Waals surface area contributed by atoms with Crippen LogP contribution in [-0.4, -0.2) is 61.5 Å². The Labute approximate surface area is 225 Å². The fraction of sp³-hybridized carbons (Fsp3) is 0.400. The molecule has 1 aromatic heterocycles. The normalized spacial score (nSPS) is 12.5. The van der Waals surface area contributed by atoms with Crippen molar-refractivity contribution in [3.05, 3.63) is 70.6 Å². The predicted octanol–water partition coefficient (Wildman–Crippen LogP) is 3.14. The summed E-state index contributed by atoms with van der Waals surface area (Å²) in [6.45, 7) is 6.07. The summed E-state index contributed by atoms with van der Waals surface area (Å²) in [6.07, 6.45) is -0.577. The van der Waals surface area contributed by atoms with Crippen molar-refractivity contribution in [1.29, 1.82) is 0 Å². The van der Waals surface area contributed by atoms with Crippen LogP contribution in [0.5, 0.6) is 0 Å². The SMILES string of the molecule is Cc1ccc(C)c(Cc2nc([C@@H](C)OC(=O)COCCOCCCl)nn2-c2ccc(S(N)(=O)=O)cc2F)c1. The number of aryl methyl sites for hydroxylation is 2. The second-order valence-electron chi connectivity index (χ2n) is 8.55. The minimum atomic E-state index is -4.10. The summed E-state index contributed by atoms with van der Waals surface area (Å²) in [5.41, 5.74) is 2.95. The maximum absolute atomic E-state index is 15.1. The van der Waals surface area contributed by atoms with Gasteiger partial charge in [-0.2, -0.15) is 0 Å². The van der Waals surface area contributed by atoms with Gasteiger partial charge in [-0.1, -0.05) is 23.8 Å². The van der Waals surface area contributed by atoms with Crippen LogP contribution in [0.3, 0.4) is 0 Å². The minimum absolute atomic E-state index is 0.0322. The first-order chi connectivity index (χ1) is 18.0. The summed E-state index contributed by atoms with van der Waals surface area (Å²) < 4.78 is 55.5. The molecule has 2 aromatic carbocycles. The highest BCUT2D eigenvalue weighted by Crippen LogP contribution is 2.24. The van der Waals surface area contributed by atoms with E-state index in [0.29, 0.717) is 31.3 Å². The fourth-order valence-corrected chi connectivity index (χ4v) is 4.19. The molecule has 0 saturated carbocycles. The van der Waals surface area contributed by atoms with Crippen LogP contribution in [0.15, 0.2) is 41.3 Å². The Hall–Kier alpha value is -2.90. The molecule has 10 nitrogen and oxygen atoms in total. The monoisotopic (exact) mass is 568 g/mol. The highest BCUT2D eigenvalue weighted by Gasteiger charge is 2.23. The first kappa shape index (κ1) is 29.7. The van der Waals surface area contributed by atoms with Gasteiger partial charge >= 0.3 is 5.97 Å². The minimum Gasteiger partial charge on any atom is -0.453 e. The molecular weight excluding hydrogens is 539 g/mol. The molecule has 0 unspecified atom stereocenters. The van der Waals surface area contributed by atoms with E-state index in [1.807, 2.05) is 32.0 Å². The van der Waals surface area contributed by atoms with Crippen molar-refractivity contribution in [2.45, 2.75) is 38.2 Å². The van der Waals surface area contributed by atoms with E-state index in [4.69, 9.17) is 31.0 Å². The standard InChI is InChI=1S/C25H30ClFN4O6S/c1-16-4-5-17(2)19(12-16)13-23-29-25(18(3)37-24(32)15-36-11-10-35-9-8-26)30-31(23)22-7-6-20(14-21(22)27)38(28,33)34/h4-7,12,14,18H,8-11,13,15H2,1-3H3,(H2,28,33,34)/t18-/m1/s1. The van der Waals surface area contributed by atoms with Gasteiger partial charge in [-0.25, -0.2) is 32.4 Å². The van der Waals surface area contributed by atoms with Crippen molar-refractivity contribution in [2.75, 3.05) is 32.3 Å². The lowest BCUT2D eigenvalue weighted by Crippen LogP contribution is -2.18. The van der Waals surface area contributed by atoms with Crippen LogP contribution in [0.25, 0.3) is 5.69 Å². The molecule has 1 heterocycles. The number of rotatable bonds is 13. The second kappa shape index (κ2) is 13.3. The first-order valence-corrected chi connectivity index (χ1v) is 13.8. The Balaban J connectivity index is 1.86. The van der Waals surface area contributed by atoms with Gasteiger partial charge in [0.05, 0.1) is 24.7 Å². The Bertz CT molecular complexity index is 1380. The van der Waals surface area contributed by atoms with E-state index in [2.05, 4.69) is 10.1 Å². The van der Waals surface area contributed by atoms with Gasteiger partial charge in [-0.3, -0.25) is 0 Å². The Morgan fingerprint density at radius 1 is 1.13 bits per heavy atom. The van der Waals surface area contributed by atoms with Crippen molar-refractivity contribution in [2.24, 2.45) is 5.14 Å². The molecule has 2 N–H and O–H groups in total. The van der Waals surface area contributed by atoms with Crippen molar-refractivity contribution >= 4 is 27.6 Å². The number of hydrogen-bond donors (Lipinski definition) is 1. The number of nitrogens with two attached hydrogens (primary N) is 1. The van der Waals surface area contributed by atoms with E-state index in [0.717, 1.165) is 22.8 Å². The molecule has 0 fully saturated rings. The van der Waals surface area contributed by atoms with E-state index in [1.165, 1.54) is 16.8 Å². The number of halogens is 2. The number of primary sulfonamides is 1. The summed E-state index contributed by atoms with van der Waals surface area (Å²) in [6, 6.07) is 9.22. The van der Waals surface area contributed by atoms with E-state index in [1.54, 1.807) is 6.92 Å². The summed E-state index contributed by atoms with van der Waals surface area (Å²) in [7, 11) is -4.10. The maximum Gasteiger partial charge on any atom is 0.332 e. The number of carbonyl (C=O) groups excluding carboxylic acids is 1. The zero-order valence-corrected chi connectivity index (χ0v) is 22.9. The molecule has 0 aliphatic rings. The smallest absolute Gasteiger partial charge is 0.332 e. The summed E-state index contributed by atoms with van der Waals surface area (Å²) >= 11 is 5.52. The molecule has 0 spiro atoms. The van der Waals surface area contributed by atoms with Gasteiger partial charge in [-0.05, 0) is 50.1 Å². The van der Waals surface area contributed by atoms with Gasteiger partial charge in [0.15, 0.2) is 11.9 Å². The number of esters is 1. The van der Waals surface area contributed by atoms with Crippen LogP contribution in [0.2, 0.25) is 0 Å². The van der Waals surface area contributed by atoms with Gasteiger partial charge in [0.25, 0.3) is 0 Å². The molecule has 3 aromatic rings. The van der Waals surface area contributed by atoms with E-state index >= 15 is 4.39 Å². The first-order valence-electron chi connectivity index (χ1n) is 11.7. The number of sulfonamides is 1. The summed E-state index contributed by atoms with van der Waals surface area (Å²) in [5, 5.41) is 9.53. The van der Waals surface area contributed by atoms with Crippen LogP contribution < -0.4 is 5.14 Å². The highest BCUT2D eigenvalue weighted by molar-refractivity contribution is 7.89. The van der Waals surface area contributed by atoms with Gasteiger partial charge in [-0.15, -0.1) is 16.7 Å². The third-order valence-corrected chi connectivity index (χ3v) is 6.57. The van der Waals surface area contributed by atoms with Crippen molar-refractivity contribution in [1.82, 2.24) is 14.8 Å². The van der Waals surface area contributed by atoms with Crippen LogP contribution in [-0.2, 0) is 35.4 Å². The van der Waals surface area contributed by atoms with E-state index in [9.17, 15) is 13.2 Å². The number of hydrogen-bond acceptors (Lipinski definition) is 8. The lowest BCUT2D eigenvalue weighted by Gasteiger charge is -2.11. The Kier molecular flexibility index (Phi) is 10.3. The molecule has 0 radical (unpaired) electrons. The lowest BCUT2D eigenvalue weighted by molar-refractivity contribution is -0.154. The summed E-state index contributed by atoms with van der Waals surface area (Å²) in [5.74, 6) is -0.619. The number of nitrogens with zero attached hydrogens (tertiary/aromatic N) is 3. The largest absolute Gasteiger partial charge is 0.453 e. The molecule has 3 rings (SSSR count). The fourth-order valence-electron chi connectivity index (χ4n) is 3.55. The number of ether oxygens (including phenoxy) is 3. The zero-order chi connectivity index (χ0) is 27.9. The molecule has 0 amide bonds. The van der Waals surface area contributed by atoms with Crippen molar-refractivity contribution in [3.8, 4) is 5.69 Å². The molecule has 206 valence electrons. The maximum atomic E-state index is 15.1. The van der Waals surface area contributed by atoms with Crippen molar-refractivity contribution in [3.63, 3.8) is 0 Å². The molecule has 13 heteroatoms. The molecule has 0 aliphatic heterocycles. The Morgan fingerprint density at radius 2 is 1.87 bits per heavy atom. The van der Waals surface area contributed by atoms with E-state index < -0.39 is 27.9 Å². The number of alkyl halides is 1. The quantitative estimate of drug-likeness (QED) is 0.189. The molecule has 38 heavy (non-hydrogen) atoms. The van der Waals surface area contributed by atoms with Gasteiger partial charge in [0.1, 0.15) is 23.9 Å². The Morgan fingerprint density at radius 3 is 2.55 bits per heavy atom. The summed E-state index contributed by atoms with van der Waals surface area (Å²) in [4.78, 5) is 16.4. The van der Waals surface area contributed by atoms with Crippen LogP contribution >= 0.6 is 11.6 Å². The molecule has 1 atom stereocenters. The van der Waals surface area contributed by atoms with Crippen LogP contribution in [0.1, 0.15) is 41.4 Å². The number of carbonyl (C=O) groups is 1. The third kappa shape index (κ3) is 8.05. The van der Waals surface area contributed by atoms with Crippen LogP contribution in [0.4, 0.5) is 4.39 Å². The molecular formula is C25H30ClFN4O6S. The third-order valence-electron chi connectivity index (χ3n) is 5.50. The highest BCUT2D eigenvalue weighted by atomic mass is 35.5. The van der Waals surface area contributed by atoms with Gasteiger partial charge < -0.3 is 14.2 Å². The van der Waals surface area contributed by atoms with E-state index in [-0.39, 0.29) is 29.6 Å². The van der Waals surface area contributed by atoms with Gasteiger partial charge in [0, 0.05) is 12.3 Å². The molecule has 0 aliphatic carbocycles. The number of aromatic nitrogens is 3. The molecule has 0 bridgehead atoms. The van der Waals surface area contributed by atoms with Crippen LogP contribution in [0, 0.1) is 19.7 Å². The predicted molar refractivity (Wildman–Crippen MR) is 138 cm³/mol. The zero-order valence-electron chi connectivity index (χ0n) is 21.3. The average Bonchev–Trinajstić information content (AvgIpc) is 3.26. The molecule has 0 saturated heterocycles. The average molecular weight is 569 g/mol.